The molecule has 1 saturated carbocycles. The molecule has 0 aromatic heterocycles. The molecule has 0 N–H and O–H groups in total. The normalized spacial score (nSPS) is 21.8. The summed E-state index contributed by atoms with van der Waals surface area (Å²) in [6, 6.07) is 18.1. The standard InChI is InChI=1S/C23H29NO/c1-17-16-21-10-6-7-11-23(21)24(17)18(2)25-22-14-12-20(13-15-22)19-8-4-3-5-9-19/h6-7,10-15,17-19H,3-5,8-9,16H2,1-2H3. The van der Waals surface area contributed by atoms with Crippen LogP contribution in [0.4, 0.5) is 5.69 Å². The van der Waals surface area contributed by atoms with Crippen molar-refractivity contribution < 1.29 is 4.74 Å². The van der Waals surface area contributed by atoms with E-state index in [1.54, 1.807) is 0 Å². The highest BCUT2D eigenvalue weighted by molar-refractivity contribution is 5.59. The molecule has 0 radical (unpaired) electrons. The molecule has 2 aromatic carbocycles. The number of hydrogen-bond acceptors (Lipinski definition) is 2. The largest absolute Gasteiger partial charge is 0.471 e. The number of nitrogens with zero attached hydrogens (tertiary/aromatic N) is 1. The molecular formula is C23H29NO. The van der Waals surface area contributed by atoms with E-state index in [1.807, 2.05) is 0 Å². The summed E-state index contributed by atoms with van der Waals surface area (Å²) >= 11 is 0. The number of ether oxygens (including phenoxy) is 1. The maximum atomic E-state index is 6.29. The Balaban J connectivity index is 1.45. The molecule has 132 valence electrons. The zero-order valence-electron chi connectivity index (χ0n) is 15.4. The second-order valence-corrected chi connectivity index (χ2v) is 7.71. The number of para-hydroxylation sites is 1. The first-order chi connectivity index (χ1) is 12.2. The Kier molecular flexibility index (Phi) is 4.70. The van der Waals surface area contributed by atoms with Crippen LogP contribution in [0.2, 0.25) is 0 Å². The van der Waals surface area contributed by atoms with E-state index in [-0.39, 0.29) is 6.23 Å². The predicted molar refractivity (Wildman–Crippen MR) is 104 cm³/mol. The van der Waals surface area contributed by atoms with Gasteiger partial charge in [-0.25, -0.2) is 0 Å². The maximum absolute atomic E-state index is 6.29. The molecule has 2 atom stereocenters. The average Bonchev–Trinajstić information content (AvgIpc) is 2.99. The van der Waals surface area contributed by atoms with Crippen LogP contribution >= 0.6 is 0 Å². The average molecular weight is 335 g/mol. The van der Waals surface area contributed by atoms with Gasteiger partial charge in [-0.05, 0) is 68.4 Å². The minimum Gasteiger partial charge on any atom is -0.471 e. The lowest BCUT2D eigenvalue weighted by Crippen LogP contribution is -2.41. The Hall–Kier alpha value is -1.96. The topological polar surface area (TPSA) is 12.5 Å². The van der Waals surface area contributed by atoms with E-state index < -0.39 is 0 Å². The molecule has 2 heteroatoms. The monoisotopic (exact) mass is 335 g/mol. The van der Waals surface area contributed by atoms with Crippen LogP contribution in [0.15, 0.2) is 48.5 Å². The molecule has 2 nitrogen and oxygen atoms in total. The first kappa shape index (κ1) is 16.5. The molecule has 0 bridgehead atoms. The summed E-state index contributed by atoms with van der Waals surface area (Å²) in [5.41, 5.74) is 4.24. The Morgan fingerprint density at radius 3 is 2.44 bits per heavy atom. The highest BCUT2D eigenvalue weighted by atomic mass is 16.5. The van der Waals surface area contributed by atoms with Gasteiger partial charge in [0.2, 0.25) is 0 Å². The van der Waals surface area contributed by atoms with Crippen LogP contribution in [0.1, 0.15) is 63.0 Å². The summed E-state index contributed by atoms with van der Waals surface area (Å²) in [5.74, 6) is 1.73. The van der Waals surface area contributed by atoms with E-state index in [9.17, 15) is 0 Å². The van der Waals surface area contributed by atoms with Gasteiger partial charge in [-0.3, -0.25) is 0 Å². The van der Waals surface area contributed by atoms with Crippen molar-refractivity contribution in [3.05, 3.63) is 59.7 Å². The number of rotatable bonds is 4. The van der Waals surface area contributed by atoms with Crippen LogP contribution in [0.5, 0.6) is 5.75 Å². The molecular weight excluding hydrogens is 306 g/mol. The molecule has 25 heavy (non-hydrogen) atoms. The maximum Gasteiger partial charge on any atom is 0.169 e. The van der Waals surface area contributed by atoms with E-state index in [0.29, 0.717) is 6.04 Å². The van der Waals surface area contributed by atoms with Crippen molar-refractivity contribution >= 4 is 5.69 Å². The molecule has 0 saturated heterocycles. The molecule has 2 unspecified atom stereocenters. The Bertz CT molecular complexity index is 702. The van der Waals surface area contributed by atoms with E-state index in [0.717, 1.165) is 18.1 Å². The molecule has 2 aromatic rings. The van der Waals surface area contributed by atoms with E-state index >= 15 is 0 Å². The Morgan fingerprint density at radius 2 is 1.68 bits per heavy atom. The summed E-state index contributed by atoms with van der Waals surface area (Å²) in [6.07, 6.45) is 8.00. The van der Waals surface area contributed by atoms with Crippen LogP contribution in [0, 0.1) is 0 Å². The third kappa shape index (κ3) is 3.40. The van der Waals surface area contributed by atoms with Gasteiger partial charge in [0, 0.05) is 11.7 Å². The van der Waals surface area contributed by atoms with E-state index in [2.05, 4.69) is 67.3 Å². The van der Waals surface area contributed by atoms with Gasteiger partial charge in [-0.1, -0.05) is 49.6 Å². The van der Waals surface area contributed by atoms with Crippen molar-refractivity contribution in [2.75, 3.05) is 4.90 Å². The highest BCUT2D eigenvalue weighted by Gasteiger charge is 2.30. The van der Waals surface area contributed by atoms with Crippen molar-refractivity contribution in [3.63, 3.8) is 0 Å². The third-order valence-electron chi connectivity index (χ3n) is 5.92. The molecule has 2 aliphatic rings. The van der Waals surface area contributed by atoms with E-state index in [1.165, 1.54) is 48.9 Å². The van der Waals surface area contributed by atoms with Crippen LogP contribution in [0.25, 0.3) is 0 Å². The number of fused-ring (bicyclic) bond motifs is 1. The van der Waals surface area contributed by atoms with Gasteiger partial charge in [-0.2, -0.15) is 0 Å². The van der Waals surface area contributed by atoms with Crippen molar-refractivity contribution in [1.82, 2.24) is 0 Å². The van der Waals surface area contributed by atoms with Crippen LogP contribution in [0.3, 0.4) is 0 Å². The number of hydrogen-bond donors (Lipinski definition) is 0. The lowest BCUT2D eigenvalue weighted by Gasteiger charge is -2.32. The summed E-state index contributed by atoms with van der Waals surface area (Å²) in [6.45, 7) is 4.44. The van der Waals surface area contributed by atoms with Gasteiger partial charge < -0.3 is 9.64 Å². The van der Waals surface area contributed by atoms with Crippen molar-refractivity contribution in [3.8, 4) is 5.75 Å². The van der Waals surface area contributed by atoms with Crippen LogP contribution < -0.4 is 9.64 Å². The Labute approximate surface area is 151 Å². The molecule has 1 aliphatic carbocycles. The molecule has 4 rings (SSSR count). The fourth-order valence-corrected chi connectivity index (χ4v) is 4.65. The Morgan fingerprint density at radius 1 is 0.960 bits per heavy atom. The van der Waals surface area contributed by atoms with Gasteiger partial charge in [0.15, 0.2) is 6.23 Å². The van der Waals surface area contributed by atoms with Gasteiger partial charge in [-0.15, -0.1) is 0 Å². The molecule has 0 amide bonds. The van der Waals surface area contributed by atoms with Gasteiger partial charge in [0.05, 0.1) is 0 Å². The molecule has 1 aliphatic heterocycles. The second kappa shape index (κ2) is 7.11. The van der Waals surface area contributed by atoms with Crippen molar-refractivity contribution in [2.24, 2.45) is 0 Å². The van der Waals surface area contributed by atoms with Crippen LogP contribution in [-0.4, -0.2) is 12.3 Å². The second-order valence-electron chi connectivity index (χ2n) is 7.71. The SMILES string of the molecule is CC1Cc2ccccc2N1C(C)Oc1ccc(C2CCCCC2)cc1. The fraction of sp³-hybridized carbons (Fsp3) is 0.478. The number of benzene rings is 2. The third-order valence-corrected chi connectivity index (χ3v) is 5.92. The molecule has 0 spiro atoms. The quantitative estimate of drug-likeness (QED) is 0.688. The first-order valence-corrected chi connectivity index (χ1v) is 9.85. The smallest absolute Gasteiger partial charge is 0.169 e. The molecule has 1 fully saturated rings. The fourth-order valence-electron chi connectivity index (χ4n) is 4.65. The lowest BCUT2D eigenvalue weighted by atomic mass is 9.84. The van der Waals surface area contributed by atoms with Crippen LogP contribution in [-0.2, 0) is 6.42 Å². The van der Waals surface area contributed by atoms with Gasteiger partial charge in [0.1, 0.15) is 5.75 Å². The number of anilines is 1. The zero-order valence-corrected chi connectivity index (χ0v) is 15.4. The summed E-state index contributed by atoms with van der Waals surface area (Å²) in [5, 5.41) is 0. The summed E-state index contributed by atoms with van der Waals surface area (Å²) in [4.78, 5) is 2.41. The summed E-state index contributed by atoms with van der Waals surface area (Å²) < 4.78 is 6.29. The minimum atomic E-state index is 0.0409. The summed E-state index contributed by atoms with van der Waals surface area (Å²) in [7, 11) is 0. The highest BCUT2D eigenvalue weighted by Crippen LogP contribution is 2.35. The van der Waals surface area contributed by atoms with Crippen molar-refractivity contribution in [1.29, 1.82) is 0 Å². The van der Waals surface area contributed by atoms with Crippen molar-refractivity contribution in [2.45, 2.75) is 70.6 Å². The molecule has 1 heterocycles. The van der Waals surface area contributed by atoms with E-state index in [4.69, 9.17) is 4.74 Å². The lowest BCUT2D eigenvalue weighted by molar-refractivity contribution is 0.207. The van der Waals surface area contributed by atoms with Gasteiger partial charge >= 0.3 is 0 Å². The predicted octanol–water partition coefficient (Wildman–Crippen LogP) is 5.91. The van der Waals surface area contributed by atoms with Gasteiger partial charge in [0.25, 0.3) is 0 Å². The first-order valence-electron chi connectivity index (χ1n) is 9.85. The minimum absolute atomic E-state index is 0.0409. The zero-order chi connectivity index (χ0) is 17.2.